The molecule has 0 bridgehead atoms. The summed E-state index contributed by atoms with van der Waals surface area (Å²) < 4.78 is 43.2. The summed E-state index contributed by atoms with van der Waals surface area (Å²) in [6.07, 6.45) is -4.29. The number of ether oxygens (including phenoxy) is 1. The van der Waals surface area contributed by atoms with Crippen LogP contribution in [0.15, 0.2) is 24.3 Å². The van der Waals surface area contributed by atoms with Gasteiger partial charge in [-0.2, -0.15) is 13.2 Å². The molecule has 1 aromatic carbocycles. The molecule has 0 spiro atoms. The van der Waals surface area contributed by atoms with Crippen LogP contribution in [0.2, 0.25) is 0 Å². The first-order valence-electron chi connectivity index (χ1n) is 7.06. The maximum Gasteiger partial charge on any atom is 0.416 e. The van der Waals surface area contributed by atoms with Crippen molar-refractivity contribution in [3.05, 3.63) is 35.4 Å². The summed E-state index contributed by atoms with van der Waals surface area (Å²) in [4.78, 5) is 2.28. The number of nitrogens with one attached hydrogen (secondary N) is 1. The van der Waals surface area contributed by atoms with E-state index < -0.39 is 11.7 Å². The van der Waals surface area contributed by atoms with E-state index in [-0.39, 0.29) is 6.04 Å². The van der Waals surface area contributed by atoms with E-state index in [1.807, 2.05) is 0 Å². The molecule has 2 rings (SSSR count). The summed E-state index contributed by atoms with van der Waals surface area (Å²) in [5.74, 6) is 0. The third-order valence-corrected chi connectivity index (χ3v) is 3.90. The van der Waals surface area contributed by atoms with Gasteiger partial charge in [0.2, 0.25) is 0 Å². The minimum Gasteiger partial charge on any atom is -0.383 e. The lowest BCUT2D eigenvalue weighted by Crippen LogP contribution is -2.51. The molecular weight excluding hydrogens is 281 g/mol. The Kier molecular flexibility index (Phi) is 5.24. The average Bonchev–Trinajstić information content (AvgIpc) is 2.45. The Balaban J connectivity index is 2.21. The van der Waals surface area contributed by atoms with Crippen LogP contribution in [-0.4, -0.2) is 44.3 Å². The second-order valence-corrected chi connectivity index (χ2v) is 5.38. The summed E-state index contributed by atoms with van der Waals surface area (Å²) in [7, 11) is 1.62. The first-order chi connectivity index (χ1) is 9.93. The van der Waals surface area contributed by atoms with Gasteiger partial charge in [0.15, 0.2) is 0 Å². The quantitative estimate of drug-likeness (QED) is 0.925. The Morgan fingerprint density at radius 2 is 2.00 bits per heavy atom. The van der Waals surface area contributed by atoms with Gasteiger partial charge in [-0.05, 0) is 24.6 Å². The maximum absolute atomic E-state index is 12.6. The zero-order chi connectivity index (χ0) is 15.5. The third kappa shape index (κ3) is 3.96. The van der Waals surface area contributed by atoms with E-state index >= 15 is 0 Å². The summed E-state index contributed by atoms with van der Waals surface area (Å²) in [5, 5.41) is 3.31. The summed E-state index contributed by atoms with van der Waals surface area (Å²) >= 11 is 0. The zero-order valence-electron chi connectivity index (χ0n) is 12.3. The van der Waals surface area contributed by atoms with Crippen molar-refractivity contribution in [3.63, 3.8) is 0 Å². The van der Waals surface area contributed by atoms with Gasteiger partial charge in [-0.15, -0.1) is 0 Å². The fourth-order valence-electron chi connectivity index (χ4n) is 2.76. The van der Waals surface area contributed by atoms with Crippen molar-refractivity contribution in [2.75, 3.05) is 33.4 Å². The van der Waals surface area contributed by atoms with Crippen LogP contribution in [0.1, 0.15) is 24.1 Å². The van der Waals surface area contributed by atoms with Gasteiger partial charge >= 0.3 is 6.18 Å². The molecule has 0 amide bonds. The molecule has 0 aliphatic carbocycles. The molecule has 3 nitrogen and oxygen atoms in total. The van der Waals surface area contributed by atoms with Crippen LogP contribution in [0.4, 0.5) is 13.2 Å². The lowest BCUT2D eigenvalue weighted by molar-refractivity contribution is -0.137. The Morgan fingerprint density at radius 1 is 1.33 bits per heavy atom. The summed E-state index contributed by atoms with van der Waals surface area (Å²) in [6.45, 7) is 5.19. The normalized spacial score (nSPS) is 22.2. The Morgan fingerprint density at radius 3 is 2.52 bits per heavy atom. The van der Waals surface area contributed by atoms with E-state index in [1.54, 1.807) is 19.2 Å². The molecule has 0 saturated carbocycles. The molecule has 0 unspecified atom stereocenters. The molecular formula is C15H21F3N2O. The van der Waals surface area contributed by atoms with Crippen molar-refractivity contribution < 1.29 is 17.9 Å². The molecule has 1 fully saturated rings. The number of rotatable bonds is 4. The van der Waals surface area contributed by atoms with Crippen molar-refractivity contribution >= 4 is 0 Å². The molecule has 21 heavy (non-hydrogen) atoms. The van der Waals surface area contributed by atoms with Crippen molar-refractivity contribution in [1.82, 2.24) is 10.2 Å². The molecule has 2 atom stereocenters. The fraction of sp³-hybridized carbons (Fsp3) is 0.600. The minimum atomic E-state index is -4.29. The smallest absolute Gasteiger partial charge is 0.383 e. The minimum absolute atomic E-state index is 0.0191. The van der Waals surface area contributed by atoms with Crippen LogP contribution in [0.5, 0.6) is 0 Å². The van der Waals surface area contributed by atoms with E-state index in [1.165, 1.54) is 0 Å². The first kappa shape index (κ1) is 16.3. The maximum atomic E-state index is 12.6. The van der Waals surface area contributed by atoms with Gasteiger partial charge in [0.25, 0.3) is 0 Å². The molecule has 1 heterocycles. The Bertz CT molecular complexity index is 447. The molecule has 0 aromatic heterocycles. The molecule has 1 N–H and O–H groups in total. The topological polar surface area (TPSA) is 24.5 Å². The Labute approximate surface area is 123 Å². The number of alkyl halides is 3. The molecule has 1 aliphatic heterocycles. The number of hydrogen-bond donors (Lipinski definition) is 1. The zero-order valence-corrected chi connectivity index (χ0v) is 12.3. The monoisotopic (exact) mass is 302 g/mol. The Hall–Kier alpha value is -1.11. The van der Waals surface area contributed by atoms with E-state index in [4.69, 9.17) is 4.74 Å². The van der Waals surface area contributed by atoms with Gasteiger partial charge in [-0.3, -0.25) is 4.90 Å². The van der Waals surface area contributed by atoms with Gasteiger partial charge in [-0.1, -0.05) is 12.1 Å². The van der Waals surface area contributed by atoms with E-state index in [2.05, 4.69) is 17.1 Å². The van der Waals surface area contributed by atoms with Crippen LogP contribution in [0.3, 0.4) is 0 Å². The summed E-state index contributed by atoms with van der Waals surface area (Å²) in [5.41, 5.74) is 0.245. The number of benzene rings is 1. The number of piperazine rings is 1. The molecule has 6 heteroatoms. The van der Waals surface area contributed by atoms with Gasteiger partial charge in [0, 0.05) is 32.8 Å². The predicted molar refractivity (Wildman–Crippen MR) is 75.1 cm³/mol. The van der Waals surface area contributed by atoms with Gasteiger partial charge in [-0.25, -0.2) is 0 Å². The number of methoxy groups -OCH3 is 1. The highest BCUT2D eigenvalue weighted by Crippen LogP contribution is 2.31. The average molecular weight is 302 g/mol. The van der Waals surface area contributed by atoms with Crippen molar-refractivity contribution in [2.24, 2.45) is 0 Å². The second kappa shape index (κ2) is 6.77. The van der Waals surface area contributed by atoms with Crippen molar-refractivity contribution in [1.29, 1.82) is 0 Å². The largest absolute Gasteiger partial charge is 0.416 e. The number of hydrogen-bond acceptors (Lipinski definition) is 3. The second-order valence-electron chi connectivity index (χ2n) is 5.38. The van der Waals surface area contributed by atoms with E-state index in [9.17, 15) is 13.2 Å². The first-order valence-corrected chi connectivity index (χ1v) is 7.06. The van der Waals surface area contributed by atoms with Gasteiger partial charge in [0.1, 0.15) is 0 Å². The van der Waals surface area contributed by atoms with Crippen molar-refractivity contribution in [3.8, 4) is 0 Å². The third-order valence-electron chi connectivity index (χ3n) is 3.90. The lowest BCUT2D eigenvalue weighted by atomic mass is 10.0. The lowest BCUT2D eigenvalue weighted by Gasteiger charge is -2.40. The standard InChI is InChI=1S/C15H21F3N2O/c1-11-9-19-7-8-20(11)14(10-21-2)12-3-5-13(6-4-12)15(16,17)18/h3-6,11,14,19H,7-10H2,1-2H3/t11-,14-/m0/s1. The predicted octanol–water partition coefficient (Wildman–Crippen LogP) is 2.69. The molecule has 0 radical (unpaired) electrons. The van der Waals surface area contributed by atoms with E-state index in [0.717, 1.165) is 37.3 Å². The molecule has 118 valence electrons. The highest BCUT2D eigenvalue weighted by atomic mass is 19.4. The van der Waals surface area contributed by atoms with Gasteiger partial charge < -0.3 is 10.1 Å². The highest BCUT2D eigenvalue weighted by Gasteiger charge is 2.31. The van der Waals surface area contributed by atoms with Crippen LogP contribution in [0, 0.1) is 0 Å². The van der Waals surface area contributed by atoms with Crippen molar-refractivity contribution in [2.45, 2.75) is 25.2 Å². The van der Waals surface area contributed by atoms with Crippen LogP contribution in [-0.2, 0) is 10.9 Å². The SMILES string of the molecule is COC[C@@H](c1ccc(C(F)(F)F)cc1)N1CCNC[C@@H]1C. The number of halogens is 3. The molecule has 1 saturated heterocycles. The van der Waals surface area contributed by atoms with Crippen LogP contribution in [0.25, 0.3) is 0 Å². The molecule has 1 aromatic rings. The van der Waals surface area contributed by atoms with E-state index in [0.29, 0.717) is 12.6 Å². The summed E-state index contributed by atoms with van der Waals surface area (Å²) in [6, 6.07) is 5.70. The van der Waals surface area contributed by atoms with Crippen LogP contribution < -0.4 is 5.32 Å². The van der Waals surface area contributed by atoms with Gasteiger partial charge in [0.05, 0.1) is 18.2 Å². The van der Waals surface area contributed by atoms with Crippen LogP contribution >= 0.6 is 0 Å². The highest BCUT2D eigenvalue weighted by molar-refractivity contribution is 5.27. The fourth-order valence-corrected chi connectivity index (χ4v) is 2.76. The number of nitrogens with zero attached hydrogens (tertiary/aromatic N) is 1. The molecule has 1 aliphatic rings.